The van der Waals surface area contributed by atoms with Gasteiger partial charge in [0.2, 0.25) is 5.91 Å². The summed E-state index contributed by atoms with van der Waals surface area (Å²) in [6, 6.07) is 7.38. The second kappa shape index (κ2) is 8.17. The van der Waals surface area contributed by atoms with Crippen LogP contribution in [0.15, 0.2) is 43.0 Å². The summed E-state index contributed by atoms with van der Waals surface area (Å²) in [5, 5.41) is 9.06. The van der Waals surface area contributed by atoms with Crippen molar-refractivity contribution in [3.63, 3.8) is 0 Å². The quantitative estimate of drug-likeness (QED) is 0.647. The first kappa shape index (κ1) is 16.8. The van der Waals surface area contributed by atoms with E-state index in [1.165, 1.54) is 6.08 Å². The van der Waals surface area contributed by atoms with E-state index in [2.05, 4.69) is 6.58 Å². The fraction of sp³-hybridized carbons (Fsp3) is 0.333. The standard InChI is InChI=1S/C18H21NO4/c1-2-12-23-16-8-5-14(6-9-16)7-10-17(20)19-11-3-4-15(13-19)18(21)22/h2,5-10,15H,1,3-4,11-13H2,(H,21,22)/b10-7+. The molecule has 0 bridgehead atoms. The summed E-state index contributed by atoms with van der Waals surface area (Å²) in [5.74, 6) is -0.694. The minimum atomic E-state index is -0.832. The van der Waals surface area contributed by atoms with Gasteiger partial charge in [0.15, 0.2) is 0 Å². The Kier molecular flexibility index (Phi) is 5.97. The molecule has 1 aliphatic rings. The minimum Gasteiger partial charge on any atom is -0.490 e. The number of carbonyl (C=O) groups excluding carboxylic acids is 1. The van der Waals surface area contributed by atoms with E-state index in [0.29, 0.717) is 19.6 Å². The largest absolute Gasteiger partial charge is 0.490 e. The number of benzene rings is 1. The highest BCUT2D eigenvalue weighted by atomic mass is 16.5. The number of carboxylic acid groups (broad SMARTS) is 1. The number of rotatable bonds is 6. The molecule has 1 atom stereocenters. The van der Waals surface area contributed by atoms with Gasteiger partial charge in [-0.15, -0.1) is 0 Å². The highest BCUT2D eigenvalue weighted by molar-refractivity contribution is 5.92. The predicted octanol–water partition coefficient (Wildman–Crippen LogP) is 2.59. The second-order valence-corrected chi connectivity index (χ2v) is 5.46. The van der Waals surface area contributed by atoms with Crippen molar-refractivity contribution < 1.29 is 19.4 Å². The van der Waals surface area contributed by atoms with Crippen LogP contribution in [0, 0.1) is 5.92 Å². The lowest BCUT2D eigenvalue weighted by molar-refractivity contribution is -0.144. The summed E-state index contributed by atoms with van der Waals surface area (Å²) in [7, 11) is 0. The van der Waals surface area contributed by atoms with Crippen molar-refractivity contribution in [1.29, 1.82) is 0 Å². The molecule has 0 spiro atoms. The lowest BCUT2D eigenvalue weighted by atomic mass is 9.98. The van der Waals surface area contributed by atoms with Gasteiger partial charge < -0.3 is 14.7 Å². The smallest absolute Gasteiger partial charge is 0.308 e. The number of ether oxygens (including phenoxy) is 1. The number of carboxylic acids is 1. The molecule has 2 rings (SSSR count). The fourth-order valence-corrected chi connectivity index (χ4v) is 2.48. The molecule has 1 saturated heterocycles. The zero-order valence-corrected chi connectivity index (χ0v) is 13.0. The van der Waals surface area contributed by atoms with Gasteiger partial charge in [-0.3, -0.25) is 9.59 Å². The van der Waals surface area contributed by atoms with Gasteiger partial charge >= 0.3 is 5.97 Å². The first-order valence-electron chi connectivity index (χ1n) is 7.63. The molecule has 0 radical (unpaired) electrons. The lowest BCUT2D eigenvalue weighted by Crippen LogP contribution is -2.41. The summed E-state index contributed by atoms with van der Waals surface area (Å²) in [6.07, 6.45) is 6.25. The van der Waals surface area contributed by atoms with E-state index in [4.69, 9.17) is 9.84 Å². The van der Waals surface area contributed by atoms with E-state index in [-0.39, 0.29) is 12.5 Å². The van der Waals surface area contributed by atoms with Crippen LogP contribution in [-0.4, -0.2) is 41.6 Å². The van der Waals surface area contributed by atoms with Crippen LogP contribution in [0.4, 0.5) is 0 Å². The Morgan fingerprint density at radius 3 is 2.74 bits per heavy atom. The maximum atomic E-state index is 12.2. The maximum Gasteiger partial charge on any atom is 0.308 e. The molecule has 1 aliphatic heterocycles. The van der Waals surface area contributed by atoms with Crippen LogP contribution in [0.3, 0.4) is 0 Å². The summed E-state index contributed by atoms with van der Waals surface area (Å²) >= 11 is 0. The van der Waals surface area contributed by atoms with Crippen LogP contribution in [0.1, 0.15) is 18.4 Å². The van der Waals surface area contributed by atoms with Crippen LogP contribution in [-0.2, 0) is 9.59 Å². The van der Waals surface area contributed by atoms with E-state index >= 15 is 0 Å². The van der Waals surface area contributed by atoms with Gasteiger partial charge in [-0.25, -0.2) is 0 Å². The zero-order chi connectivity index (χ0) is 16.7. The zero-order valence-electron chi connectivity index (χ0n) is 13.0. The molecular formula is C18H21NO4. The molecular weight excluding hydrogens is 294 g/mol. The van der Waals surface area contributed by atoms with Crippen LogP contribution >= 0.6 is 0 Å². The van der Waals surface area contributed by atoms with Crippen molar-refractivity contribution in [3.8, 4) is 5.75 Å². The number of carbonyl (C=O) groups is 2. The third kappa shape index (κ3) is 4.98. The van der Waals surface area contributed by atoms with Gasteiger partial charge in [0, 0.05) is 19.2 Å². The Labute approximate surface area is 135 Å². The van der Waals surface area contributed by atoms with Crippen LogP contribution in [0.25, 0.3) is 6.08 Å². The number of aliphatic carboxylic acids is 1. The average molecular weight is 315 g/mol. The molecule has 0 aromatic heterocycles. The van der Waals surface area contributed by atoms with E-state index in [1.807, 2.05) is 24.3 Å². The molecule has 1 unspecified atom stereocenters. The van der Waals surface area contributed by atoms with E-state index < -0.39 is 11.9 Å². The molecule has 23 heavy (non-hydrogen) atoms. The Balaban J connectivity index is 1.92. The van der Waals surface area contributed by atoms with Crippen LogP contribution in [0.5, 0.6) is 5.75 Å². The fourth-order valence-electron chi connectivity index (χ4n) is 2.48. The van der Waals surface area contributed by atoms with Crippen molar-refractivity contribution in [2.24, 2.45) is 5.92 Å². The van der Waals surface area contributed by atoms with Crippen LogP contribution in [0.2, 0.25) is 0 Å². The van der Waals surface area contributed by atoms with Crippen molar-refractivity contribution in [2.75, 3.05) is 19.7 Å². The Bertz CT molecular complexity index is 592. The van der Waals surface area contributed by atoms with E-state index in [0.717, 1.165) is 17.7 Å². The number of amides is 1. The highest BCUT2D eigenvalue weighted by Crippen LogP contribution is 2.17. The maximum absolute atomic E-state index is 12.2. The molecule has 0 saturated carbocycles. The highest BCUT2D eigenvalue weighted by Gasteiger charge is 2.26. The molecule has 1 amide bonds. The van der Waals surface area contributed by atoms with Crippen molar-refractivity contribution >= 4 is 18.0 Å². The van der Waals surface area contributed by atoms with Crippen LogP contribution < -0.4 is 4.74 Å². The molecule has 1 heterocycles. The lowest BCUT2D eigenvalue weighted by Gasteiger charge is -2.29. The molecule has 0 aliphatic carbocycles. The summed E-state index contributed by atoms with van der Waals surface area (Å²) in [6.45, 7) is 4.94. The third-order valence-electron chi connectivity index (χ3n) is 3.75. The van der Waals surface area contributed by atoms with Gasteiger partial charge in [-0.2, -0.15) is 0 Å². The normalized spacial score (nSPS) is 17.9. The van der Waals surface area contributed by atoms with Gasteiger partial charge in [0.05, 0.1) is 5.92 Å². The number of hydrogen-bond acceptors (Lipinski definition) is 3. The first-order valence-corrected chi connectivity index (χ1v) is 7.63. The number of likely N-dealkylation sites (tertiary alicyclic amines) is 1. The molecule has 5 heteroatoms. The van der Waals surface area contributed by atoms with Crippen molar-refractivity contribution in [2.45, 2.75) is 12.8 Å². The number of piperidine rings is 1. The Morgan fingerprint density at radius 1 is 1.35 bits per heavy atom. The number of nitrogens with zero attached hydrogens (tertiary/aromatic N) is 1. The van der Waals surface area contributed by atoms with E-state index in [9.17, 15) is 9.59 Å². The van der Waals surface area contributed by atoms with Gasteiger partial charge in [0.25, 0.3) is 0 Å². The first-order chi connectivity index (χ1) is 11.1. The Hall–Kier alpha value is -2.56. The summed E-state index contributed by atoms with van der Waals surface area (Å²) < 4.78 is 5.39. The number of hydrogen-bond donors (Lipinski definition) is 1. The molecule has 1 aromatic carbocycles. The second-order valence-electron chi connectivity index (χ2n) is 5.46. The molecule has 1 aromatic rings. The summed E-state index contributed by atoms with van der Waals surface area (Å²) in [4.78, 5) is 24.8. The summed E-state index contributed by atoms with van der Waals surface area (Å²) in [5.41, 5.74) is 0.885. The van der Waals surface area contributed by atoms with Crippen molar-refractivity contribution in [1.82, 2.24) is 4.90 Å². The average Bonchev–Trinajstić information content (AvgIpc) is 2.58. The molecule has 122 valence electrons. The monoisotopic (exact) mass is 315 g/mol. The van der Waals surface area contributed by atoms with Gasteiger partial charge in [0.1, 0.15) is 12.4 Å². The topological polar surface area (TPSA) is 66.8 Å². The Morgan fingerprint density at radius 2 is 2.09 bits per heavy atom. The third-order valence-corrected chi connectivity index (χ3v) is 3.75. The molecule has 1 N–H and O–H groups in total. The van der Waals surface area contributed by atoms with Crippen molar-refractivity contribution in [3.05, 3.63) is 48.6 Å². The van der Waals surface area contributed by atoms with E-state index in [1.54, 1.807) is 17.1 Å². The molecule has 5 nitrogen and oxygen atoms in total. The predicted molar refractivity (Wildman–Crippen MR) is 88.1 cm³/mol. The molecule has 1 fully saturated rings. The van der Waals surface area contributed by atoms with Gasteiger partial charge in [-0.1, -0.05) is 24.8 Å². The minimum absolute atomic E-state index is 0.150. The SMILES string of the molecule is C=CCOc1ccc(/C=C/C(=O)N2CCCC(C(=O)O)C2)cc1. The van der Waals surface area contributed by atoms with Gasteiger partial charge in [-0.05, 0) is 36.6 Å².